The number of hydrogen-bond donors (Lipinski definition) is 0. The highest BCUT2D eigenvalue weighted by atomic mass is 15.0. The highest BCUT2D eigenvalue weighted by molar-refractivity contribution is 5.90. The summed E-state index contributed by atoms with van der Waals surface area (Å²) < 4.78 is 5.22. The molecule has 6 aromatic rings. The summed E-state index contributed by atoms with van der Waals surface area (Å²) >= 11 is 0. The van der Waals surface area contributed by atoms with E-state index >= 15 is 0 Å². The van der Waals surface area contributed by atoms with Gasteiger partial charge >= 0.3 is 0 Å². The highest BCUT2D eigenvalue weighted by Gasteiger charge is 2.26. The lowest BCUT2D eigenvalue weighted by atomic mass is 9.84. The van der Waals surface area contributed by atoms with Crippen molar-refractivity contribution in [1.29, 1.82) is 0 Å². The second-order valence-electron chi connectivity index (χ2n) is 18.4. The Hall–Kier alpha value is -6.38. The molecule has 62 heavy (non-hydrogen) atoms. The van der Waals surface area contributed by atoms with Gasteiger partial charge in [-0.3, -0.25) is 0 Å². The molecule has 0 radical (unpaired) electrons. The molecule has 2 heteroatoms. The Morgan fingerprint density at radius 2 is 1.44 bits per heavy atom. The van der Waals surface area contributed by atoms with Gasteiger partial charge in [-0.2, -0.15) is 0 Å². The predicted molar refractivity (Wildman–Crippen MR) is 262 cm³/mol. The van der Waals surface area contributed by atoms with Crippen molar-refractivity contribution in [3.8, 4) is 16.8 Å². The summed E-state index contributed by atoms with van der Waals surface area (Å²) in [6, 6.07) is 35.4. The van der Waals surface area contributed by atoms with E-state index in [-0.39, 0.29) is 6.04 Å². The van der Waals surface area contributed by atoms with Crippen molar-refractivity contribution < 1.29 is 0 Å². The molecule has 2 heterocycles. The standard InChI is InChI=1S/C60H54N2/c1-4-14-41(15-5-1)44-24-30-51(31-25-44)61-57-22-12-10-20-53(57)55-39-46(28-34-59(55)61)47-29-35-60-56(40-47)54-21-11-13-23-58(54)62(60)52-32-26-45(27-33-52)50-37-48(42-16-6-2-7-17-42)36-49(38-50)43-18-8-3-9-19-43/h1-8,10,13-14,16-17,20,23-27,29-32,34-41,43,46,52H,9,11-12,15,18-19,21-22,28,33H2. The van der Waals surface area contributed by atoms with E-state index in [9.17, 15) is 0 Å². The highest BCUT2D eigenvalue weighted by Crippen LogP contribution is 2.41. The third-order valence-corrected chi connectivity index (χ3v) is 14.7. The molecule has 6 aliphatic carbocycles. The molecule has 6 aliphatic rings. The van der Waals surface area contributed by atoms with Gasteiger partial charge in [0.25, 0.3) is 0 Å². The fourth-order valence-electron chi connectivity index (χ4n) is 11.5. The van der Waals surface area contributed by atoms with Gasteiger partial charge in [-0.15, -0.1) is 0 Å². The van der Waals surface area contributed by atoms with Crippen molar-refractivity contribution in [2.24, 2.45) is 0 Å². The van der Waals surface area contributed by atoms with E-state index in [2.05, 4.69) is 191 Å². The lowest BCUT2D eigenvalue weighted by Crippen LogP contribution is -2.32. The first-order chi connectivity index (χ1) is 30.7. The summed E-state index contributed by atoms with van der Waals surface area (Å²) in [5, 5.41) is 4.21. The fourth-order valence-corrected chi connectivity index (χ4v) is 11.5. The van der Waals surface area contributed by atoms with Crippen LogP contribution in [0.5, 0.6) is 0 Å². The SMILES string of the molecule is C1=CCC(c2ccc(-n3c4c(c5c3=CCC(c3ccc6c(c3)c3c(n6C6C=CC(c7cc(-c8ccccc8)cc(C8CC=CCC8)c7)=CC6)C=CCC3)C=5)C=CCC4)cc2)C=C1. The Morgan fingerprint density at radius 1 is 0.565 bits per heavy atom. The predicted octanol–water partition coefficient (Wildman–Crippen LogP) is 13.8. The molecule has 4 unspecified atom stereocenters. The Kier molecular flexibility index (Phi) is 9.54. The van der Waals surface area contributed by atoms with E-state index in [0.29, 0.717) is 17.8 Å². The average Bonchev–Trinajstić information content (AvgIpc) is 3.87. The minimum Gasteiger partial charge on any atom is -0.333 e. The molecule has 0 aliphatic heterocycles. The monoisotopic (exact) mass is 802 g/mol. The average molecular weight is 803 g/mol. The van der Waals surface area contributed by atoms with Crippen LogP contribution < -0.4 is 10.6 Å². The van der Waals surface area contributed by atoms with Crippen LogP contribution in [0, 0.1) is 0 Å². The third-order valence-electron chi connectivity index (χ3n) is 14.7. The summed E-state index contributed by atoms with van der Waals surface area (Å²) in [7, 11) is 0. The molecular formula is C60H54N2. The van der Waals surface area contributed by atoms with Crippen molar-refractivity contribution in [2.75, 3.05) is 0 Å². The van der Waals surface area contributed by atoms with Crippen LogP contribution in [0.2, 0.25) is 0 Å². The number of fused-ring (bicyclic) bond motifs is 6. The van der Waals surface area contributed by atoms with Crippen molar-refractivity contribution in [1.82, 2.24) is 9.13 Å². The molecule has 0 N–H and O–H groups in total. The van der Waals surface area contributed by atoms with E-state index in [1.54, 1.807) is 0 Å². The Morgan fingerprint density at radius 3 is 2.27 bits per heavy atom. The van der Waals surface area contributed by atoms with Crippen molar-refractivity contribution in [3.63, 3.8) is 0 Å². The largest absolute Gasteiger partial charge is 0.333 e. The smallest absolute Gasteiger partial charge is 0.0560 e. The fraction of sp³-hybridized carbons (Fsp3) is 0.233. The van der Waals surface area contributed by atoms with Crippen molar-refractivity contribution in [3.05, 3.63) is 213 Å². The quantitative estimate of drug-likeness (QED) is 0.142. The number of benzene rings is 4. The van der Waals surface area contributed by atoms with Gasteiger partial charge in [0.15, 0.2) is 0 Å². The van der Waals surface area contributed by atoms with Crippen LogP contribution in [0.4, 0.5) is 0 Å². The molecule has 0 bridgehead atoms. The van der Waals surface area contributed by atoms with Crippen LogP contribution in [-0.4, -0.2) is 9.13 Å². The zero-order chi connectivity index (χ0) is 41.0. The topological polar surface area (TPSA) is 9.86 Å². The maximum Gasteiger partial charge on any atom is 0.0560 e. The van der Waals surface area contributed by atoms with Gasteiger partial charge in [-0.25, -0.2) is 0 Å². The van der Waals surface area contributed by atoms with Gasteiger partial charge in [0, 0.05) is 55.9 Å². The summed E-state index contributed by atoms with van der Waals surface area (Å²) in [6.07, 6.45) is 46.7. The zero-order valence-electron chi connectivity index (χ0n) is 35.6. The number of hydrogen-bond acceptors (Lipinski definition) is 0. The molecule has 2 nitrogen and oxygen atoms in total. The van der Waals surface area contributed by atoms with Crippen LogP contribution in [0.1, 0.15) is 120 Å². The number of aryl methyl sites for hydroxylation is 1. The van der Waals surface area contributed by atoms with Crippen molar-refractivity contribution >= 4 is 40.8 Å². The minimum absolute atomic E-state index is 0.277. The molecule has 2 aromatic heterocycles. The van der Waals surface area contributed by atoms with E-state index in [1.807, 2.05) is 0 Å². The van der Waals surface area contributed by atoms with Gasteiger partial charge in [0.2, 0.25) is 0 Å². The summed E-state index contributed by atoms with van der Waals surface area (Å²) in [4.78, 5) is 0. The van der Waals surface area contributed by atoms with E-state index in [0.717, 1.165) is 51.4 Å². The van der Waals surface area contributed by atoms with Gasteiger partial charge in [0.05, 0.1) is 6.04 Å². The Labute approximate surface area is 366 Å². The summed E-state index contributed by atoms with van der Waals surface area (Å²) in [6.45, 7) is 0. The minimum atomic E-state index is 0.277. The lowest BCUT2D eigenvalue weighted by molar-refractivity contribution is 0.617. The van der Waals surface area contributed by atoms with Crippen LogP contribution in [-0.2, 0) is 12.8 Å². The van der Waals surface area contributed by atoms with Gasteiger partial charge in [-0.05, 0) is 151 Å². The second kappa shape index (κ2) is 15.8. The second-order valence-corrected chi connectivity index (χ2v) is 18.4. The molecule has 0 saturated carbocycles. The first-order valence-corrected chi connectivity index (χ1v) is 23.4. The maximum atomic E-state index is 2.65. The molecule has 4 atom stereocenters. The molecule has 0 fully saturated rings. The zero-order valence-corrected chi connectivity index (χ0v) is 35.6. The molecule has 4 aromatic carbocycles. The van der Waals surface area contributed by atoms with Crippen LogP contribution in [0.3, 0.4) is 0 Å². The molecule has 304 valence electrons. The first kappa shape index (κ1) is 37.4. The molecule has 0 spiro atoms. The number of rotatable bonds is 7. The van der Waals surface area contributed by atoms with Gasteiger partial charge in [0.1, 0.15) is 0 Å². The molecular weight excluding hydrogens is 749 g/mol. The third kappa shape index (κ3) is 6.63. The first-order valence-electron chi connectivity index (χ1n) is 23.4. The summed E-state index contributed by atoms with van der Waals surface area (Å²) in [5.74, 6) is 1.39. The molecule has 0 saturated heterocycles. The van der Waals surface area contributed by atoms with Gasteiger partial charge < -0.3 is 9.13 Å². The van der Waals surface area contributed by atoms with Crippen LogP contribution in [0.15, 0.2) is 158 Å². The van der Waals surface area contributed by atoms with Gasteiger partial charge in [-0.1, -0.05) is 146 Å². The molecule has 0 amide bonds. The van der Waals surface area contributed by atoms with Crippen molar-refractivity contribution in [2.45, 2.75) is 88.0 Å². The van der Waals surface area contributed by atoms with E-state index in [1.165, 1.54) is 101 Å². The Bertz CT molecular complexity index is 3080. The molecule has 12 rings (SSSR count). The number of allylic oxidation sites excluding steroid dienone is 12. The number of aromatic nitrogens is 2. The Balaban J connectivity index is 0.866. The van der Waals surface area contributed by atoms with Crippen LogP contribution >= 0.6 is 0 Å². The lowest BCUT2D eigenvalue weighted by Gasteiger charge is -2.24. The van der Waals surface area contributed by atoms with E-state index < -0.39 is 0 Å². The maximum absolute atomic E-state index is 2.65. The summed E-state index contributed by atoms with van der Waals surface area (Å²) in [5.41, 5.74) is 18.0. The normalized spacial score (nSPS) is 22.2. The van der Waals surface area contributed by atoms with Crippen LogP contribution in [0.25, 0.3) is 57.6 Å². The van der Waals surface area contributed by atoms with E-state index in [4.69, 9.17) is 0 Å². The number of nitrogens with zero attached hydrogens (tertiary/aromatic N) is 2.